The minimum atomic E-state index is -0.910. The van der Waals surface area contributed by atoms with Crippen molar-refractivity contribution in [1.82, 2.24) is 4.90 Å². The minimum Gasteiger partial charge on any atom is -0.507 e. The summed E-state index contributed by atoms with van der Waals surface area (Å²) in [5, 5.41) is 21.8. The summed E-state index contributed by atoms with van der Waals surface area (Å²) in [6.07, 6.45) is 0. The van der Waals surface area contributed by atoms with Gasteiger partial charge in [-0.1, -0.05) is 29.8 Å². The summed E-state index contributed by atoms with van der Waals surface area (Å²) in [4.78, 5) is 27.8. The molecule has 1 amide bonds. The normalized spacial score (nSPS) is 17.0. The Morgan fingerprint density at radius 1 is 1.03 bits per heavy atom. The summed E-state index contributed by atoms with van der Waals surface area (Å²) in [7, 11) is 1.56. The molecule has 1 atom stereocenters. The van der Waals surface area contributed by atoms with E-state index in [1.54, 1.807) is 74.7 Å². The molecule has 0 aromatic heterocycles. The van der Waals surface area contributed by atoms with Crippen LogP contribution in [0.3, 0.4) is 0 Å². The molecule has 1 aliphatic heterocycles. The van der Waals surface area contributed by atoms with E-state index in [0.29, 0.717) is 28.5 Å². The molecule has 1 unspecified atom stereocenters. The first kappa shape index (κ1) is 24.2. The first-order valence-corrected chi connectivity index (χ1v) is 11.3. The van der Waals surface area contributed by atoms with Crippen molar-refractivity contribution in [1.29, 1.82) is 0 Å². The monoisotopic (exact) mass is 493 g/mol. The van der Waals surface area contributed by atoms with E-state index in [1.807, 2.05) is 0 Å². The molecule has 8 heteroatoms. The van der Waals surface area contributed by atoms with Gasteiger partial charge >= 0.3 is 0 Å². The predicted octanol–water partition coefficient (Wildman–Crippen LogP) is 5.07. The second kappa shape index (κ2) is 10.1. The van der Waals surface area contributed by atoms with E-state index >= 15 is 0 Å². The molecule has 3 aromatic rings. The lowest BCUT2D eigenvalue weighted by molar-refractivity contribution is -0.140. The number of phenolic OH excluding ortho intramolecular Hbond substituents is 1. The fourth-order valence-corrected chi connectivity index (χ4v) is 4.18. The van der Waals surface area contributed by atoms with E-state index in [-0.39, 0.29) is 29.4 Å². The fourth-order valence-electron chi connectivity index (χ4n) is 4.05. The number of benzene rings is 3. The molecule has 7 nitrogen and oxygen atoms in total. The number of halogens is 1. The number of carbonyl (C=O) groups is 2. The van der Waals surface area contributed by atoms with Crippen LogP contribution in [0.4, 0.5) is 0 Å². The summed E-state index contributed by atoms with van der Waals surface area (Å²) >= 11 is 5.98. The molecule has 0 radical (unpaired) electrons. The molecule has 2 N–H and O–H groups in total. The lowest BCUT2D eigenvalue weighted by Gasteiger charge is -2.26. The molecule has 0 spiro atoms. The predicted molar refractivity (Wildman–Crippen MR) is 132 cm³/mol. The number of nitrogens with zero attached hydrogens (tertiary/aromatic N) is 1. The Morgan fingerprint density at radius 2 is 1.71 bits per heavy atom. The standard InChI is InChI=1S/C27H24ClNO6/c1-3-35-22-14-18(8-13-21(22)30)24-23(25(31)17-6-9-19(28)10-7-17)26(32)27(33)29(24)15-16-4-11-20(34-2)12-5-16/h4-14,24,30-31H,3,15H2,1-2H3/b25-23-. The van der Waals surface area contributed by atoms with Gasteiger partial charge in [-0.3, -0.25) is 9.59 Å². The molecule has 4 rings (SSSR count). The van der Waals surface area contributed by atoms with Crippen LogP contribution in [0.15, 0.2) is 72.3 Å². The van der Waals surface area contributed by atoms with Crippen molar-refractivity contribution in [2.45, 2.75) is 19.5 Å². The lowest BCUT2D eigenvalue weighted by atomic mass is 9.95. The minimum absolute atomic E-state index is 0.0565. The maximum Gasteiger partial charge on any atom is 0.295 e. The molecule has 1 fully saturated rings. The topological polar surface area (TPSA) is 96.3 Å². The number of aliphatic hydroxyl groups is 1. The van der Waals surface area contributed by atoms with Gasteiger partial charge in [0.25, 0.3) is 11.7 Å². The molecule has 0 saturated carbocycles. The van der Waals surface area contributed by atoms with Crippen molar-refractivity contribution >= 4 is 29.1 Å². The van der Waals surface area contributed by atoms with Crippen LogP contribution in [0.25, 0.3) is 5.76 Å². The van der Waals surface area contributed by atoms with Crippen LogP contribution in [-0.2, 0) is 16.1 Å². The second-order valence-corrected chi connectivity index (χ2v) is 8.38. The number of amides is 1. The van der Waals surface area contributed by atoms with E-state index in [0.717, 1.165) is 5.56 Å². The third-order valence-corrected chi connectivity index (χ3v) is 6.02. The van der Waals surface area contributed by atoms with Crippen molar-refractivity contribution in [3.05, 3.63) is 94.0 Å². The van der Waals surface area contributed by atoms with Crippen LogP contribution in [0, 0.1) is 0 Å². The van der Waals surface area contributed by atoms with Crippen molar-refractivity contribution in [2.24, 2.45) is 0 Å². The van der Waals surface area contributed by atoms with Gasteiger partial charge in [0.15, 0.2) is 11.5 Å². The SMILES string of the molecule is CCOc1cc(C2/C(=C(/O)c3ccc(Cl)cc3)C(=O)C(=O)N2Cc2ccc(OC)cc2)ccc1O. The van der Waals surface area contributed by atoms with Crippen LogP contribution in [0.5, 0.6) is 17.2 Å². The quantitative estimate of drug-likeness (QED) is 0.271. The number of ether oxygens (including phenoxy) is 2. The zero-order chi connectivity index (χ0) is 25.1. The maximum atomic E-state index is 13.2. The van der Waals surface area contributed by atoms with Crippen LogP contribution >= 0.6 is 11.6 Å². The van der Waals surface area contributed by atoms with Crippen molar-refractivity contribution in [2.75, 3.05) is 13.7 Å². The van der Waals surface area contributed by atoms with Gasteiger partial charge in [0, 0.05) is 17.1 Å². The van der Waals surface area contributed by atoms with E-state index in [9.17, 15) is 19.8 Å². The molecule has 35 heavy (non-hydrogen) atoms. The van der Waals surface area contributed by atoms with Gasteiger partial charge in [-0.15, -0.1) is 0 Å². The Balaban J connectivity index is 1.85. The zero-order valence-corrected chi connectivity index (χ0v) is 20.0. The van der Waals surface area contributed by atoms with Gasteiger partial charge in [-0.05, 0) is 66.6 Å². The molecular weight excluding hydrogens is 470 g/mol. The van der Waals surface area contributed by atoms with Gasteiger partial charge in [0.05, 0.1) is 25.3 Å². The Labute approximate surface area is 207 Å². The number of rotatable bonds is 7. The molecule has 180 valence electrons. The average Bonchev–Trinajstić information content (AvgIpc) is 3.11. The number of methoxy groups -OCH3 is 1. The fraction of sp³-hybridized carbons (Fsp3) is 0.185. The van der Waals surface area contributed by atoms with Crippen LogP contribution in [-0.4, -0.2) is 40.5 Å². The number of phenols is 1. The van der Waals surface area contributed by atoms with Gasteiger partial charge in [0.2, 0.25) is 0 Å². The summed E-state index contributed by atoms with van der Waals surface area (Å²) in [6.45, 7) is 2.21. The van der Waals surface area contributed by atoms with E-state index in [4.69, 9.17) is 21.1 Å². The number of carbonyl (C=O) groups excluding carboxylic acids is 2. The van der Waals surface area contributed by atoms with Crippen LogP contribution in [0.2, 0.25) is 5.02 Å². The highest BCUT2D eigenvalue weighted by Gasteiger charge is 2.46. The molecule has 1 aliphatic rings. The highest BCUT2D eigenvalue weighted by Crippen LogP contribution is 2.42. The largest absolute Gasteiger partial charge is 0.507 e. The highest BCUT2D eigenvalue weighted by molar-refractivity contribution is 6.46. The van der Waals surface area contributed by atoms with Crippen molar-refractivity contribution in [3.8, 4) is 17.2 Å². The van der Waals surface area contributed by atoms with Gasteiger partial charge in [-0.2, -0.15) is 0 Å². The number of ketones is 1. The first-order chi connectivity index (χ1) is 16.8. The number of hydrogen-bond donors (Lipinski definition) is 2. The van der Waals surface area contributed by atoms with Gasteiger partial charge in [0.1, 0.15) is 11.5 Å². The Bertz CT molecular complexity index is 1280. The summed E-state index contributed by atoms with van der Waals surface area (Å²) in [6, 6.07) is 17.2. The van der Waals surface area contributed by atoms with Crippen molar-refractivity contribution < 1.29 is 29.3 Å². The first-order valence-electron chi connectivity index (χ1n) is 11.0. The molecule has 1 saturated heterocycles. The molecule has 0 bridgehead atoms. The third kappa shape index (κ3) is 4.81. The number of aromatic hydroxyl groups is 1. The van der Waals surface area contributed by atoms with Gasteiger partial charge in [-0.25, -0.2) is 0 Å². The average molecular weight is 494 g/mol. The summed E-state index contributed by atoms with van der Waals surface area (Å²) < 4.78 is 10.7. The molecule has 0 aliphatic carbocycles. The summed E-state index contributed by atoms with van der Waals surface area (Å²) in [5.41, 5.74) is 1.58. The number of Topliss-reactive ketones (excluding diaryl/α,β-unsaturated/α-hetero) is 1. The van der Waals surface area contributed by atoms with Crippen LogP contribution in [0.1, 0.15) is 29.7 Å². The Hall–Kier alpha value is -3.97. The molecule has 1 heterocycles. The number of hydrogen-bond acceptors (Lipinski definition) is 6. The zero-order valence-electron chi connectivity index (χ0n) is 19.2. The van der Waals surface area contributed by atoms with E-state index < -0.39 is 17.7 Å². The Morgan fingerprint density at radius 3 is 2.34 bits per heavy atom. The number of aliphatic hydroxyl groups excluding tert-OH is 1. The summed E-state index contributed by atoms with van der Waals surface area (Å²) in [5.74, 6) is -1.05. The maximum absolute atomic E-state index is 13.2. The third-order valence-electron chi connectivity index (χ3n) is 5.77. The molecule has 3 aromatic carbocycles. The lowest BCUT2D eigenvalue weighted by Crippen LogP contribution is -2.29. The second-order valence-electron chi connectivity index (χ2n) is 7.94. The van der Waals surface area contributed by atoms with Crippen LogP contribution < -0.4 is 9.47 Å². The highest BCUT2D eigenvalue weighted by atomic mass is 35.5. The van der Waals surface area contributed by atoms with E-state index in [2.05, 4.69) is 0 Å². The Kier molecular flexibility index (Phi) is 6.98. The molecular formula is C27H24ClNO6. The number of likely N-dealkylation sites (tertiary alicyclic amines) is 1. The smallest absolute Gasteiger partial charge is 0.295 e. The van der Waals surface area contributed by atoms with E-state index in [1.165, 1.54) is 11.0 Å². The van der Waals surface area contributed by atoms with Gasteiger partial charge < -0.3 is 24.6 Å². The van der Waals surface area contributed by atoms with Crippen molar-refractivity contribution in [3.63, 3.8) is 0 Å².